The summed E-state index contributed by atoms with van der Waals surface area (Å²) in [6.45, 7) is 4.67. The van der Waals surface area contributed by atoms with Gasteiger partial charge in [-0.2, -0.15) is 0 Å². The van der Waals surface area contributed by atoms with E-state index in [4.69, 9.17) is 18.7 Å². The minimum absolute atomic E-state index is 0.157. The Bertz CT molecular complexity index is 2020. The summed E-state index contributed by atoms with van der Waals surface area (Å²) >= 11 is 0. The smallest absolute Gasteiger partial charge is 0.358 e. The molecule has 51 heavy (non-hydrogen) atoms. The summed E-state index contributed by atoms with van der Waals surface area (Å²) < 4.78 is 24.5. The first-order valence-corrected chi connectivity index (χ1v) is 17.3. The Morgan fingerprint density at radius 3 is 1.88 bits per heavy atom. The minimum Gasteiger partial charge on any atom is -0.488 e. The van der Waals surface area contributed by atoms with E-state index in [1.165, 1.54) is 5.56 Å². The molecule has 8 nitrogen and oxygen atoms in total. The monoisotopic (exact) mass is 680 g/mol. The summed E-state index contributed by atoms with van der Waals surface area (Å²) in [6, 6.07) is 42.1. The number of carboxylic acid groups (broad SMARTS) is 1. The fraction of sp³-hybridized carbons (Fsp3) is 0.209. The lowest BCUT2D eigenvalue weighted by Crippen LogP contribution is -2.35. The number of ether oxygens (including phenoxy) is 3. The summed E-state index contributed by atoms with van der Waals surface area (Å²) in [5, 5.41) is 14.4. The molecule has 258 valence electrons. The Balaban J connectivity index is 1.30. The van der Waals surface area contributed by atoms with Crippen LogP contribution >= 0.6 is 0 Å². The number of aromatic nitrogens is 1. The third-order valence-electron chi connectivity index (χ3n) is 9.05. The number of aryl methyl sites for hydroxylation is 2. The highest BCUT2D eigenvalue weighted by Gasteiger charge is 2.28. The van der Waals surface area contributed by atoms with Crippen LogP contribution in [0.2, 0.25) is 0 Å². The molecule has 8 heteroatoms. The number of nitrogens with zero attached hydrogens (tertiary/aromatic N) is 2. The van der Waals surface area contributed by atoms with Gasteiger partial charge in [0, 0.05) is 25.7 Å². The van der Waals surface area contributed by atoms with E-state index in [0.717, 1.165) is 61.5 Å². The van der Waals surface area contributed by atoms with Crippen molar-refractivity contribution in [1.82, 2.24) is 10.1 Å². The number of carbonyl (C=O) groups is 1. The van der Waals surface area contributed by atoms with E-state index in [1.807, 2.05) is 115 Å². The number of hydrogen-bond donors (Lipinski definition) is 1. The molecule has 1 aliphatic rings. The minimum atomic E-state index is -1.17. The van der Waals surface area contributed by atoms with Crippen molar-refractivity contribution in [3.63, 3.8) is 0 Å². The zero-order valence-electron chi connectivity index (χ0n) is 28.4. The first-order valence-electron chi connectivity index (χ1n) is 17.3. The summed E-state index contributed by atoms with van der Waals surface area (Å²) in [5.74, 6) is 0.348. The van der Waals surface area contributed by atoms with Crippen LogP contribution in [-0.4, -0.2) is 47.4 Å². The second-order valence-corrected chi connectivity index (χ2v) is 12.6. The zero-order valence-corrected chi connectivity index (χ0v) is 28.4. The molecule has 1 N–H and O–H groups in total. The fourth-order valence-corrected chi connectivity index (χ4v) is 6.31. The van der Waals surface area contributed by atoms with Crippen molar-refractivity contribution in [2.45, 2.75) is 32.6 Å². The molecule has 0 atom stereocenters. The van der Waals surface area contributed by atoms with Crippen LogP contribution in [-0.2, 0) is 37.3 Å². The lowest BCUT2D eigenvalue weighted by atomic mass is 9.95. The Hall–Kier alpha value is -5.70. The average Bonchev–Trinajstić information content (AvgIpc) is 3.63. The third kappa shape index (κ3) is 8.55. The Morgan fingerprint density at radius 2 is 1.27 bits per heavy atom. The number of hydrogen-bond acceptors (Lipinski definition) is 7. The molecule has 1 aromatic heterocycles. The number of morpholine rings is 1. The SMILES string of the molecule is O=C(O)c1noc(-c2cc(CCc3ccccc3)c(OCc3ccccc3)cc2OCc2ccccc2)c1-c1ccc(CN2CCOCC2)cc1. The van der Waals surface area contributed by atoms with E-state index in [2.05, 4.69) is 22.2 Å². The summed E-state index contributed by atoms with van der Waals surface area (Å²) in [6.07, 6.45) is 1.45. The van der Waals surface area contributed by atoms with Crippen LogP contribution in [0.1, 0.15) is 38.3 Å². The highest BCUT2D eigenvalue weighted by molar-refractivity contribution is 5.99. The molecule has 0 bridgehead atoms. The van der Waals surface area contributed by atoms with E-state index in [9.17, 15) is 9.90 Å². The molecule has 1 fully saturated rings. The van der Waals surface area contributed by atoms with Crippen molar-refractivity contribution in [2.24, 2.45) is 0 Å². The average molecular weight is 681 g/mol. The van der Waals surface area contributed by atoms with E-state index in [1.54, 1.807) is 0 Å². The Morgan fingerprint density at radius 1 is 0.686 bits per heavy atom. The zero-order chi connectivity index (χ0) is 34.8. The van der Waals surface area contributed by atoms with Gasteiger partial charge in [0.1, 0.15) is 24.7 Å². The van der Waals surface area contributed by atoms with E-state index >= 15 is 0 Å². The molecule has 0 aliphatic carbocycles. The first-order chi connectivity index (χ1) is 25.1. The number of rotatable bonds is 14. The van der Waals surface area contributed by atoms with Crippen LogP contribution in [0.25, 0.3) is 22.5 Å². The van der Waals surface area contributed by atoms with Gasteiger partial charge in [-0.15, -0.1) is 0 Å². The van der Waals surface area contributed by atoms with E-state index < -0.39 is 5.97 Å². The lowest BCUT2D eigenvalue weighted by Gasteiger charge is -2.26. The van der Waals surface area contributed by atoms with Crippen LogP contribution in [0.15, 0.2) is 132 Å². The fourth-order valence-electron chi connectivity index (χ4n) is 6.31. The maximum Gasteiger partial charge on any atom is 0.358 e. The number of aromatic carboxylic acids is 1. The molecular formula is C43H40N2O6. The second-order valence-electron chi connectivity index (χ2n) is 12.6. The van der Waals surface area contributed by atoms with E-state index in [-0.39, 0.29) is 5.69 Å². The van der Waals surface area contributed by atoms with E-state index in [0.29, 0.717) is 53.6 Å². The standard InChI is InChI=1S/C43H40N2O6/c46-43(47)41-40(35-19-17-32(18-20-35)28-45-22-24-48-25-23-45)42(51-44-41)37-26-36(21-16-31-10-4-1-5-11-31)38(49-29-33-12-6-2-7-13-33)27-39(37)50-30-34-14-8-3-9-15-34/h1-15,17-20,26-27H,16,21-25,28-30H2,(H,46,47). The molecule has 7 rings (SSSR count). The van der Waals surface area contributed by atoms with Crippen molar-refractivity contribution in [3.8, 4) is 33.9 Å². The topological polar surface area (TPSA) is 94.3 Å². The molecule has 0 saturated carbocycles. The Labute approximate surface area is 297 Å². The van der Waals surface area contributed by atoms with Gasteiger partial charge in [0.05, 0.1) is 24.3 Å². The van der Waals surface area contributed by atoms with Gasteiger partial charge in [0.2, 0.25) is 0 Å². The summed E-state index contributed by atoms with van der Waals surface area (Å²) in [5.41, 5.74) is 6.84. The van der Waals surface area contributed by atoms with Crippen molar-refractivity contribution in [1.29, 1.82) is 0 Å². The molecule has 1 aliphatic heterocycles. The molecule has 0 unspecified atom stereocenters. The number of carboxylic acids is 1. The van der Waals surface area contributed by atoms with Crippen LogP contribution < -0.4 is 9.47 Å². The predicted molar refractivity (Wildman–Crippen MR) is 196 cm³/mol. The van der Waals surface area contributed by atoms with Crippen LogP contribution in [0.3, 0.4) is 0 Å². The van der Waals surface area contributed by atoms with Crippen LogP contribution in [0, 0.1) is 0 Å². The van der Waals surface area contributed by atoms with Crippen molar-refractivity contribution in [3.05, 3.63) is 161 Å². The third-order valence-corrected chi connectivity index (χ3v) is 9.05. The summed E-state index contributed by atoms with van der Waals surface area (Å²) in [7, 11) is 0. The van der Waals surface area contributed by atoms with Gasteiger partial charge < -0.3 is 23.8 Å². The second kappa shape index (κ2) is 16.3. The Kier molecular flexibility index (Phi) is 10.8. The van der Waals surface area contributed by atoms with Crippen molar-refractivity contribution < 1.29 is 28.6 Å². The van der Waals surface area contributed by atoms with Crippen LogP contribution in [0.5, 0.6) is 11.5 Å². The molecule has 6 aromatic rings. The molecule has 2 heterocycles. The number of benzene rings is 5. The van der Waals surface area contributed by atoms with Crippen LogP contribution in [0.4, 0.5) is 0 Å². The predicted octanol–water partition coefficient (Wildman–Crippen LogP) is 8.48. The van der Waals surface area contributed by atoms with Gasteiger partial charge in [-0.25, -0.2) is 4.79 Å². The van der Waals surface area contributed by atoms with Gasteiger partial charge in [0.25, 0.3) is 0 Å². The molecule has 5 aromatic carbocycles. The van der Waals surface area contributed by atoms with Gasteiger partial charge in [-0.05, 0) is 52.3 Å². The first kappa shape index (κ1) is 33.8. The molecule has 0 amide bonds. The largest absolute Gasteiger partial charge is 0.488 e. The maximum absolute atomic E-state index is 12.6. The molecule has 0 radical (unpaired) electrons. The van der Waals surface area contributed by atoms with Gasteiger partial charge in [-0.1, -0.05) is 120 Å². The highest BCUT2D eigenvalue weighted by atomic mass is 16.5. The quantitative estimate of drug-likeness (QED) is 0.122. The van der Waals surface area contributed by atoms with Gasteiger partial charge in [0.15, 0.2) is 11.5 Å². The van der Waals surface area contributed by atoms with Crippen molar-refractivity contribution >= 4 is 5.97 Å². The lowest BCUT2D eigenvalue weighted by molar-refractivity contribution is 0.0342. The maximum atomic E-state index is 12.6. The van der Waals surface area contributed by atoms with Gasteiger partial charge >= 0.3 is 5.97 Å². The highest BCUT2D eigenvalue weighted by Crippen LogP contribution is 2.43. The van der Waals surface area contributed by atoms with Crippen molar-refractivity contribution in [2.75, 3.05) is 26.3 Å². The van der Waals surface area contributed by atoms with Gasteiger partial charge in [-0.3, -0.25) is 4.90 Å². The normalized spacial score (nSPS) is 13.2. The molecule has 1 saturated heterocycles. The summed E-state index contributed by atoms with van der Waals surface area (Å²) in [4.78, 5) is 14.9. The molecule has 0 spiro atoms. The molecular weight excluding hydrogens is 640 g/mol.